The summed E-state index contributed by atoms with van der Waals surface area (Å²) in [5.41, 5.74) is 4.57. The van der Waals surface area contributed by atoms with Crippen LogP contribution < -0.4 is 4.74 Å². The lowest BCUT2D eigenvalue weighted by Gasteiger charge is -2.12. The predicted octanol–water partition coefficient (Wildman–Crippen LogP) is 6.09. The van der Waals surface area contributed by atoms with Gasteiger partial charge in [0.2, 0.25) is 0 Å². The van der Waals surface area contributed by atoms with E-state index in [9.17, 15) is 10.1 Å². The molecule has 1 heterocycles. The maximum atomic E-state index is 10.9. The number of fused-ring (bicyclic) bond motifs is 3. The van der Waals surface area contributed by atoms with Crippen molar-refractivity contribution in [2.45, 2.75) is 12.5 Å². The Labute approximate surface area is 162 Å². The van der Waals surface area contributed by atoms with E-state index in [1.165, 1.54) is 23.3 Å². The Morgan fingerprint density at radius 2 is 1.61 bits per heavy atom. The summed E-state index contributed by atoms with van der Waals surface area (Å²) in [4.78, 5) is 10.6. The SMILES string of the molecule is O=[N+]([O-])c1ccc(C2Cc3c(-c4ccccc4)cc4ccccc4c3O2)cc1. The lowest BCUT2D eigenvalue weighted by molar-refractivity contribution is -0.384. The highest BCUT2D eigenvalue weighted by Crippen LogP contribution is 2.46. The zero-order valence-corrected chi connectivity index (χ0v) is 15.0. The molecule has 4 aromatic carbocycles. The van der Waals surface area contributed by atoms with Crippen LogP contribution in [0.3, 0.4) is 0 Å². The van der Waals surface area contributed by atoms with Gasteiger partial charge in [0.25, 0.3) is 5.69 Å². The molecule has 4 heteroatoms. The lowest BCUT2D eigenvalue weighted by Crippen LogP contribution is -2.03. The quantitative estimate of drug-likeness (QED) is 0.325. The zero-order valence-electron chi connectivity index (χ0n) is 15.0. The van der Waals surface area contributed by atoms with Crippen LogP contribution in [-0.2, 0) is 6.42 Å². The first-order valence-electron chi connectivity index (χ1n) is 9.22. The van der Waals surface area contributed by atoms with Crippen molar-refractivity contribution in [3.63, 3.8) is 0 Å². The number of hydrogen-bond acceptors (Lipinski definition) is 3. The Kier molecular flexibility index (Phi) is 3.83. The van der Waals surface area contributed by atoms with Gasteiger partial charge in [0.1, 0.15) is 11.9 Å². The second-order valence-corrected chi connectivity index (χ2v) is 6.98. The van der Waals surface area contributed by atoms with Gasteiger partial charge < -0.3 is 4.74 Å². The van der Waals surface area contributed by atoms with Crippen LogP contribution in [0.2, 0.25) is 0 Å². The van der Waals surface area contributed by atoms with E-state index in [1.807, 2.05) is 30.3 Å². The largest absolute Gasteiger partial charge is 0.484 e. The van der Waals surface area contributed by atoms with Gasteiger partial charge in [0.05, 0.1) is 4.92 Å². The normalized spacial score (nSPS) is 15.2. The molecule has 0 aromatic heterocycles. The molecule has 1 atom stereocenters. The molecule has 4 aromatic rings. The Morgan fingerprint density at radius 3 is 2.36 bits per heavy atom. The fourth-order valence-corrected chi connectivity index (χ4v) is 3.94. The molecule has 28 heavy (non-hydrogen) atoms. The molecular weight excluding hydrogens is 350 g/mol. The molecule has 0 N–H and O–H groups in total. The van der Waals surface area contributed by atoms with Crippen LogP contribution in [-0.4, -0.2) is 4.92 Å². The highest BCUT2D eigenvalue weighted by atomic mass is 16.6. The van der Waals surface area contributed by atoms with Crippen LogP contribution in [0.5, 0.6) is 5.75 Å². The second kappa shape index (κ2) is 6.50. The van der Waals surface area contributed by atoms with Crippen LogP contribution >= 0.6 is 0 Å². The van der Waals surface area contributed by atoms with Crippen molar-refractivity contribution in [2.24, 2.45) is 0 Å². The number of ether oxygens (including phenoxy) is 1. The summed E-state index contributed by atoms with van der Waals surface area (Å²) in [6.45, 7) is 0. The molecule has 1 unspecified atom stereocenters. The zero-order chi connectivity index (χ0) is 19.1. The summed E-state index contributed by atoms with van der Waals surface area (Å²) >= 11 is 0. The van der Waals surface area contributed by atoms with Crippen molar-refractivity contribution in [3.05, 3.63) is 106 Å². The van der Waals surface area contributed by atoms with Gasteiger partial charge >= 0.3 is 0 Å². The molecule has 0 amide bonds. The Hall–Kier alpha value is -3.66. The molecular formula is C24H17NO3. The van der Waals surface area contributed by atoms with Gasteiger partial charge in [0.15, 0.2) is 0 Å². The Bertz CT molecular complexity index is 1180. The number of benzene rings is 4. The second-order valence-electron chi connectivity index (χ2n) is 6.98. The molecule has 0 radical (unpaired) electrons. The van der Waals surface area contributed by atoms with Gasteiger partial charge in [-0.1, -0.05) is 54.6 Å². The first-order valence-corrected chi connectivity index (χ1v) is 9.22. The van der Waals surface area contributed by atoms with Crippen molar-refractivity contribution in [1.82, 2.24) is 0 Å². The van der Waals surface area contributed by atoms with Crippen LogP contribution in [0.4, 0.5) is 5.69 Å². The molecule has 0 saturated carbocycles. The predicted molar refractivity (Wildman–Crippen MR) is 110 cm³/mol. The summed E-state index contributed by atoms with van der Waals surface area (Å²) in [5, 5.41) is 13.2. The van der Waals surface area contributed by atoms with E-state index in [-0.39, 0.29) is 16.7 Å². The third kappa shape index (κ3) is 2.70. The third-order valence-corrected chi connectivity index (χ3v) is 5.31. The summed E-state index contributed by atoms with van der Waals surface area (Å²) in [6, 6.07) is 27.5. The molecule has 4 nitrogen and oxygen atoms in total. The van der Waals surface area contributed by atoms with E-state index < -0.39 is 0 Å². The van der Waals surface area contributed by atoms with Gasteiger partial charge in [-0.05, 0) is 40.3 Å². The first-order chi connectivity index (χ1) is 13.7. The molecule has 0 aliphatic carbocycles. The average molecular weight is 367 g/mol. The van der Waals surface area contributed by atoms with Crippen LogP contribution in [0.1, 0.15) is 17.2 Å². The van der Waals surface area contributed by atoms with Crippen molar-refractivity contribution < 1.29 is 9.66 Å². The van der Waals surface area contributed by atoms with Crippen LogP contribution in [0.15, 0.2) is 84.9 Å². The average Bonchev–Trinajstić information content (AvgIpc) is 3.19. The Morgan fingerprint density at radius 1 is 0.893 bits per heavy atom. The summed E-state index contributed by atoms with van der Waals surface area (Å²) in [5.74, 6) is 0.917. The van der Waals surface area contributed by atoms with Crippen molar-refractivity contribution in [3.8, 4) is 16.9 Å². The minimum absolute atomic E-state index is 0.0923. The van der Waals surface area contributed by atoms with E-state index in [1.54, 1.807) is 12.1 Å². The van der Waals surface area contributed by atoms with E-state index >= 15 is 0 Å². The fourth-order valence-electron chi connectivity index (χ4n) is 3.94. The number of nitro benzene ring substituents is 1. The lowest BCUT2D eigenvalue weighted by atomic mass is 9.92. The molecule has 5 rings (SSSR count). The van der Waals surface area contributed by atoms with Crippen molar-refractivity contribution in [1.29, 1.82) is 0 Å². The maximum Gasteiger partial charge on any atom is 0.269 e. The number of hydrogen-bond donors (Lipinski definition) is 0. The van der Waals surface area contributed by atoms with Gasteiger partial charge in [-0.15, -0.1) is 0 Å². The highest BCUT2D eigenvalue weighted by molar-refractivity contribution is 5.95. The number of non-ortho nitro benzene ring substituents is 1. The smallest absolute Gasteiger partial charge is 0.269 e. The van der Waals surface area contributed by atoms with E-state index in [0.29, 0.717) is 0 Å². The fraction of sp³-hybridized carbons (Fsp3) is 0.0833. The van der Waals surface area contributed by atoms with E-state index in [4.69, 9.17) is 4.74 Å². The molecule has 1 aliphatic rings. The van der Waals surface area contributed by atoms with Gasteiger partial charge in [-0.3, -0.25) is 10.1 Å². The van der Waals surface area contributed by atoms with E-state index in [0.717, 1.165) is 34.1 Å². The first kappa shape index (κ1) is 16.5. The summed E-state index contributed by atoms with van der Waals surface area (Å²) in [7, 11) is 0. The highest BCUT2D eigenvalue weighted by Gasteiger charge is 2.29. The minimum atomic E-state index is -0.380. The molecule has 0 bridgehead atoms. The van der Waals surface area contributed by atoms with E-state index in [2.05, 4.69) is 30.3 Å². The standard InChI is InChI=1S/C24H17NO3/c26-25(27)19-12-10-17(11-13-19)23-15-22-21(16-6-2-1-3-7-16)14-18-8-4-5-9-20(18)24(22)28-23/h1-14,23H,15H2. The topological polar surface area (TPSA) is 52.4 Å². The van der Waals surface area contributed by atoms with Crippen LogP contribution in [0, 0.1) is 10.1 Å². The van der Waals surface area contributed by atoms with Gasteiger partial charge in [-0.2, -0.15) is 0 Å². The molecule has 0 spiro atoms. The number of rotatable bonds is 3. The Balaban J connectivity index is 1.62. The van der Waals surface area contributed by atoms with Gasteiger partial charge in [0, 0.05) is 29.5 Å². The molecule has 0 saturated heterocycles. The van der Waals surface area contributed by atoms with Crippen LogP contribution in [0.25, 0.3) is 21.9 Å². The van der Waals surface area contributed by atoms with Crippen molar-refractivity contribution >= 4 is 16.5 Å². The monoisotopic (exact) mass is 367 g/mol. The number of nitro groups is 1. The molecule has 1 aliphatic heterocycles. The number of nitrogens with zero attached hydrogens (tertiary/aromatic N) is 1. The van der Waals surface area contributed by atoms with Gasteiger partial charge in [-0.25, -0.2) is 0 Å². The molecule has 136 valence electrons. The summed E-state index contributed by atoms with van der Waals surface area (Å²) < 4.78 is 6.40. The summed E-state index contributed by atoms with van der Waals surface area (Å²) in [6.07, 6.45) is 0.589. The maximum absolute atomic E-state index is 10.9. The minimum Gasteiger partial charge on any atom is -0.484 e. The third-order valence-electron chi connectivity index (χ3n) is 5.31. The van der Waals surface area contributed by atoms with Crippen molar-refractivity contribution in [2.75, 3.05) is 0 Å². The molecule has 0 fully saturated rings.